The lowest BCUT2D eigenvalue weighted by Crippen LogP contribution is -2.37. The molecule has 0 unspecified atom stereocenters. The summed E-state index contributed by atoms with van der Waals surface area (Å²) in [6.07, 6.45) is 0.751. The first-order chi connectivity index (χ1) is 12.1. The van der Waals surface area contributed by atoms with E-state index in [9.17, 15) is 4.79 Å². The van der Waals surface area contributed by atoms with Crippen molar-refractivity contribution < 1.29 is 5.11 Å². The predicted molar refractivity (Wildman–Crippen MR) is 101 cm³/mol. The number of aromatic nitrogens is 2. The fourth-order valence-electron chi connectivity index (χ4n) is 3.07. The molecular formula is C18H24N4O2S. The number of anilines is 1. The monoisotopic (exact) mass is 360 g/mol. The van der Waals surface area contributed by atoms with Gasteiger partial charge in [-0.3, -0.25) is 9.69 Å². The lowest BCUT2D eigenvalue weighted by molar-refractivity contribution is 0.182. The van der Waals surface area contributed by atoms with E-state index in [0.29, 0.717) is 18.2 Å². The topological polar surface area (TPSA) is 72.5 Å². The van der Waals surface area contributed by atoms with Gasteiger partial charge in [-0.1, -0.05) is 30.0 Å². The summed E-state index contributed by atoms with van der Waals surface area (Å²) in [7, 11) is 4.06. The molecule has 1 aliphatic heterocycles. The van der Waals surface area contributed by atoms with Crippen molar-refractivity contribution >= 4 is 17.4 Å². The maximum atomic E-state index is 12.4. The average Bonchev–Trinajstić information content (AvgIpc) is 2.61. The number of β-amino-alcohol motifs (C(OH)–C–C–N with tert-alkyl or cyclic N) is 1. The van der Waals surface area contributed by atoms with Crippen LogP contribution >= 0.6 is 11.8 Å². The fraction of sp³-hybridized carbons (Fsp3) is 0.444. The highest BCUT2D eigenvalue weighted by Gasteiger charge is 2.20. The van der Waals surface area contributed by atoms with Gasteiger partial charge in [0.05, 0.1) is 17.9 Å². The van der Waals surface area contributed by atoms with Gasteiger partial charge >= 0.3 is 0 Å². The van der Waals surface area contributed by atoms with Crippen LogP contribution < -0.4 is 10.5 Å². The first-order valence-corrected chi connectivity index (χ1v) is 9.40. The first-order valence-electron chi connectivity index (χ1n) is 8.42. The van der Waals surface area contributed by atoms with E-state index >= 15 is 0 Å². The van der Waals surface area contributed by atoms with Gasteiger partial charge < -0.3 is 15.0 Å². The number of benzene rings is 1. The van der Waals surface area contributed by atoms with Crippen molar-refractivity contribution in [2.24, 2.45) is 0 Å². The van der Waals surface area contributed by atoms with Crippen LogP contribution in [0.5, 0.6) is 0 Å². The third kappa shape index (κ3) is 4.23. The number of nitrogens with one attached hydrogen (secondary N) is 1. The molecule has 0 fully saturated rings. The second-order valence-electron chi connectivity index (χ2n) is 6.36. The molecule has 0 radical (unpaired) electrons. The van der Waals surface area contributed by atoms with Gasteiger partial charge in [-0.25, -0.2) is 4.98 Å². The maximum Gasteiger partial charge on any atom is 0.256 e. The third-order valence-corrected chi connectivity index (χ3v) is 5.30. The molecular weight excluding hydrogens is 336 g/mol. The Balaban J connectivity index is 1.75. The Hall–Kier alpha value is -1.83. The summed E-state index contributed by atoms with van der Waals surface area (Å²) < 4.78 is 0. The van der Waals surface area contributed by atoms with Crippen LogP contribution in [0, 0.1) is 0 Å². The quantitative estimate of drug-likeness (QED) is 0.601. The third-order valence-electron chi connectivity index (χ3n) is 4.38. The normalized spacial score (nSPS) is 14.4. The summed E-state index contributed by atoms with van der Waals surface area (Å²) in [5.41, 5.74) is 3.96. The molecule has 0 spiro atoms. The highest BCUT2D eigenvalue weighted by molar-refractivity contribution is 7.98. The molecule has 3 rings (SSSR count). The molecule has 0 amide bonds. The van der Waals surface area contributed by atoms with Crippen LogP contribution in [0.25, 0.3) is 0 Å². The Morgan fingerprint density at radius 2 is 2.16 bits per heavy atom. The van der Waals surface area contributed by atoms with Crippen molar-refractivity contribution in [3.05, 3.63) is 51.4 Å². The maximum absolute atomic E-state index is 12.4. The fourth-order valence-corrected chi connectivity index (χ4v) is 3.95. The number of fused-ring (bicyclic) bond motifs is 1. The van der Waals surface area contributed by atoms with Crippen LogP contribution in [0.3, 0.4) is 0 Å². The summed E-state index contributed by atoms with van der Waals surface area (Å²) >= 11 is 1.56. The summed E-state index contributed by atoms with van der Waals surface area (Å²) in [4.78, 5) is 24.2. The zero-order chi connectivity index (χ0) is 17.8. The number of para-hydroxylation sites is 1. The summed E-state index contributed by atoms with van der Waals surface area (Å²) in [6.45, 7) is 2.10. The number of hydrogen-bond donors (Lipinski definition) is 2. The molecule has 1 aromatic heterocycles. The SMILES string of the molecule is CN(C)c1ccccc1CSc1nc2c(c(=O)[nH]1)CN(CCO)CC2. The number of nitrogens with zero attached hydrogens (tertiary/aromatic N) is 3. The molecule has 0 atom stereocenters. The van der Waals surface area contributed by atoms with E-state index in [1.165, 1.54) is 11.3 Å². The Morgan fingerprint density at radius 3 is 2.92 bits per heavy atom. The van der Waals surface area contributed by atoms with Crippen molar-refractivity contribution in [1.29, 1.82) is 0 Å². The molecule has 1 aromatic carbocycles. The number of rotatable bonds is 6. The molecule has 0 aliphatic carbocycles. The zero-order valence-corrected chi connectivity index (χ0v) is 15.5. The number of hydrogen-bond acceptors (Lipinski definition) is 6. The van der Waals surface area contributed by atoms with Crippen LogP contribution in [0.2, 0.25) is 0 Å². The molecule has 0 saturated heterocycles. The van der Waals surface area contributed by atoms with Crippen molar-refractivity contribution in [3.8, 4) is 0 Å². The summed E-state index contributed by atoms with van der Waals surface area (Å²) in [5, 5.41) is 9.74. The predicted octanol–water partition coefficient (Wildman–Crippen LogP) is 1.48. The smallest absolute Gasteiger partial charge is 0.256 e. The average molecular weight is 360 g/mol. The van der Waals surface area contributed by atoms with Crippen molar-refractivity contribution in [1.82, 2.24) is 14.9 Å². The van der Waals surface area contributed by atoms with Gasteiger partial charge in [-0.2, -0.15) is 0 Å². The van der Waals surface area contributed by atoms with E-state index in [2.05, 4.69) is 31.9 Å². The molecule has 2 N–H and O–H groups in total. The van der Waals surface area contributed by atoms with E-state index in [4.69, 9.17) is 5.11 Å². The highest BCUT2D eigenvalue weighted by Crippen LogP contribution is 2.26. The molecule has 2 aromatic rings. The first kappa shape index (κ1) is 18.0. The molecule has 0 saturated carbocycles. The largest absolute Gasteiger partial charge is 0.395 e. The van der Waals surface area contributed by atoms with Gasteiger partial charge in [0, 0.05) is 51.6 Å². The van der Waals surface area contributed by atoms with E-state index < -0.39 is 0 Å². The van der Waals surface area contributed by atoms with Gasteiger partial charge in [0.25, 0.3) is 5.56 Å². The number of aliphatic hydroxyl groups is 1. The van der Waals surface area contributed by atoms with Gasteiger partial charge in [-0.05, 0) is 11.6 Å². The lowest BCUT2D eigenvalue weighted by Gasteiger charge is -2.26. The van der Waals surface area contributed by atoms with Crippen LogP contribution in [-0.2, 0) is 18.7 Å². The summed E-state index contributed by atoms with van der Waals surface area (Å²) in [6, 6.07) is 8.25. The molecule has 134 valence electrons. The molecule has 1 aliphatic rings. The van der Waals surface area contributed by atoms with E-state index in [0.717, 1.165) is 30.0 Å². The van der Waals surface area contributed by atoms with Crippen molar-refractivity contribution in [2.45, 2.75) is 23.9 Å². The molecule has 0 bridgehead atoms. The van der Waals surface area contributed by atoms with Crippen LogP contribution in [0.4, 0.5) is 5.69 Å². The standard InChI is InChI=1S/C18H24N4O2S/c1-21(2)16-6-4-3-5-13(16)12-25-18-19-15-7-8-22(9-10-23)11-14(15)17(24)20-18/h3-6,23H,7-12H2,1-2H3,(H,19,20,24). The second kappa shape index (κ2) is 8.03. The van der Waals surface area contributed by atoms with Crippen LogP contribution in [-0.4, -0.2) is 53.8 Å². The highest BCUT2D eigenvalue weighted by atomic mass is 32.2. The van der Waals surface area contributed by atoms with Gasteiger partial charge in [0.2, 0.25) is 0 Å². The van der Waals surface area contributed by atoms with Gasteiger partial charge in [0.1, 0.15) is 0 Å². The van der Waals surface area contributed by atoms with Crippen molar-refractivity contribution in [3.63, 3.8) is 0 Å². The summed E-state index contributed by atoms with van der Waals surface area (Å²) in [5.74, 6) is 0.757. The molecule has 25 heavy (non-hydrogen) atoms. The number of aromatic amines is 1. The molecule has 6 nitrogen and oxygen atoms in total. The van der Waals surface area contributed by atoms with E-state index in [-0.39, 0.29) is 12.2 Å². The number of aliphatic hydroxyl groups excluding tert-OH is 1. The van der Waals surface area contributed by atoms with E-state index in [1.54, 1.807) is 11.8 Å². The Labute approximate surface area is 151 Å². The van der Waals surface area contributed by atoms with E-state index in [1.807, 2.05) is 26.2 Å². The minimum absolute atomic E-state index is 0.0592. The van der Waals surface area contributed by atoms with Crippen LogP contribution in [0.1, 0.15) is 16.8 Å². The van der Waals surface area contributed by atoms with Crippen LogP contribution in [0.15, 0.2) is 34.2 Å². The van der Waals surface area contributed by atoms with Gasteiger partial charge in [0.15, 0.2) is 5.16 Å². The Kier molecular flexibility index (Phi) is 5.78. The molecule has 2 heterocycles. The molecule has 7 heteroatoms. The number of thioether (sulfide) groups is 1. The Morgan fingerprint density at radius 1 is 1.36 bits per heavy atom. The minimum atomic E-state index is -0.0592. The van der Waals surface area contributed by atoms with Gasteiger partial charge in [-0.15, -0.1) is 0 Å². The van der Waals surface area contributed by atoms with Crippen molar-refractivity contribution in [2.75, 3.05) is 38.7 Å². The number of H-pyrrole nitrogens is 1. The Bertz CT molecular complexity index is 791. The lowest BCUT2D eigenvalue weighted by atomic mass is 10.1. The minimum Gasteiger partial charge on any atom is -0.395 e. The second-order valence-corrected chi connectivity index (χ2v) is 7.32. The zero-order valence-electron chi connectivity index (χ0n) is 14.7.